The molecule has 2 heterocycles. The quantitative estimate of drug-likeness (QED) is 0.848. The molecule has 1 aliphatic heterocycles. The minimum absolute atomic E-state index is 0.118. The van der Waals surface area contributed by atoms with Crippen molar-refractivity contribution in [3.63, 3.8) is 0 Å². The maximum atomic E-state index is 13.7. The Morgan fingerprint density at radius 2 is 2.05 bits per heavy atom. The molecule has 1 fully saturated rings. The van der Waals surface area contributed by atoms with E-state index in [1.807, 2.05) is 17.0 Å². The van der Waals surface area contributed by atoms with Gasteiger partial charge in [0, 0.05) is 51.2 Å². The minimum atomic E-state index is -0.229. The SMILES string of the molecule is CC(=O)N1CCN(Cc2cc(F)cc3cccnc23)CC1. The number of carbonyl (C=O) groups is 1. The molecular weight excluding hydrogens is 269 g/mol. The number of nitrogens with zero attached hydrogens (tertiary/aromatic N) is 3. The number of hydrogen-bond acceptors (Lipinski definition) is 3. The van der Waals surface area contributed by atoms with Gasteiger partial charge in [-0.15, -0.1) is 0 Å². The van der Waals surface area contributed by atoms with Gasteiger partial charge in [0.25, 0.3) is 0 Å². The van der Waals surface area contributed by atoms with Crippen molar-refractivity contribution in [2.75, 3.05) is 26.2 Å². The number of carbonyl (C=O) groups excluding carboxylic acids is 1. The third kappa shape index (κ3) is 3.03. The molecule has 2 aromatic rings. The minimum Gasteiger partial charge on any atom is -0.340 e. The van der Waals surface area contributed by atoms with Gasteiger partial charge in [-0.2, -0.15) is 0 Å². The van der Waals surface area contributed by atoms with Crippen LogP contribution in [0, 0.1) is 5.82 Å². The van der Waals surface area contributed by atoms with Crippen LogP contribution in [0.3, 0.4) is 0 Å². The molecule has 1 aromatic carbocycles. The van der Waals surface area contributed by atoms with Gasteiger partial charge in [0.1, 0.15) is 5.82 Å². The summed E-state index contributed by atoms with van der Waals surface area (Å²) in [6.07, 6.45) is 1.73. The van der Waals surface area contributed by atoms with E-state index in [0.29, 0.717) is 6.54 Å². The molecule has 0 N–H and O–H groups in total. The summed E-state index contributed by atoms with van der Waals surface area (Å²) in [5.41, 5.74) is 1.76. The number of rotatable bonds is 2. The lowest BCUT2D eigenvalue weighted by molar-refractivity contribution is -0.130. The molecule has 0 saturated carbocycles. The Morgan fingerprint density at radius 3 is 2.76 bits per heavy atom. The van der Waals surface area contributed by atoms with E-state index in [0.717, 1.165) is 42.6 Å². The Labute approximate surface area is 123 Å². The number of benzene rings is 1. The zero-order valence-electron chi connectivity index (χ0n) is 12.1. The van der Waals surface area contributed by atoms with E-state index in [4.69, 9.17) is 0 Å². The Kier molecular flexibility index (Phi) is 3.84. The summed E-state index contributed by atoms with van der Waals surface area (Å²) >= 11 is 0. The third-order valence-electron chi connectivity index (χ3n) is 3.96. The summed E-state index contributed by atoms with van der Waals surface area (Å²) < 4.78 is 13.7. The molecule has 4 nitrogen and oxygen atoms in total. The third-order valence-corrected chi connectivity index (χ3v) is 3.96. The highest BCUT2D eigenvalue weighted by Crippen LogP contribution is 2.20. The number of hydrogen-bond donors (Lipinski definition) is 0. The number of fused-ring (bicyclic) bond motifs is 1. The van der Waals surface area contributed by atoms with Crippen LogP contribution in [0.4, 0.5) is 4.39 Å². The van der Waals surface area contributed by atoms with Crippen molar-refractivity contribution in [2.45, 2.75) is 13.5 Å². The van der Waals surface area contributed by atoms with E-state index in [-0.39, 0.29) is 11.7 Å². The van der Waals surface area contributed by atoms with Gasteiger partial charge in [0.2, 0.25) is 5.91 Å². The molecule has 0 spiro atoms. The van der Waals surface area contributed by atoms with Crippen LogP contribution in [0.2, 0.25) is 0 Å². The molecule has 0 bridgehead atoms. The number of piperazine rings is 1. The first kappa shape index (κ1) is 13.9. The molecule has 110 valence electrons. The topological polar surface area (TPSA) is 36.4 Å². The highest BCUT2D eigenvalue weighted by molar-refractivity contribution is 5.81. The average Bonchev–Trinajstić information content (AvgIpc) is 2.47. The number of pyridine rings is 1. The van der Waals surface area contributed by atoms with Crippen molar-refractivity contribution >= 4 is 16.8 Å². The first-order valence-corrected chi connectivity index (χ1v) is 7.14. The Bertz CT molecular complexity index is 666. The van der Waals surface area contributed by atoms with Crippen LogP contribution < -0.4 is 0 Å². The zero-order chi connectivity index (χ0) is 14.8. The molecule has 21 heavy (non-hydrogen) atoms. The van der Waals surface area contributed by atoms with Gasteiger partial charge in [-0.05, 0) is 23.8 Å². The summed E-state index contributed by atoms with van der Waals surface area (Å²) in [6, 6.07) is 6.77. The van der Waals surface area contributed by atoms with Crippen LogP contribution >= 0.6 is 0 Å². The largest absolute Gasteiger partial charge is 0.340 e. The lowest BCUT2D eigenvalue weighted by atomic mass is 10.1. The monoisotopic (exact) mass is 287 g/mol. The molecule has 0 radical (unpaired) electrons. The summed E-state index contributed by atoms with van der Waals surface area (Å²) in [4.78, 5) is 19.8. The van der Waals surface area contributed by atoms with Crippen molar-refractivity contribution in [3.05, 3.63) is 41.8 Å². The first-order chi connectivity index (χ1) is 10.1. The molecule has 0 aliphatic carbocycles. The number of amides is 1. The second kappa shape index (κ2) is 5.77. The maximum absolute atomic E-state index is 13.7. The number of halogens is 1. The van der Waals surface area contributed by atoms with E-state index < -0.39 is 0 Å². The van der Waals surface area contributed by atoms with Crippen molar-refractivity contribution < 1.29 is 9.18 Å². The van der Waals surface area contributed by atoms with Gasteiger partial charge in [-0.25, -0.2) is 4.39 Å². The molecule has 3 rings (SSSR count). The molecule has 0 unspecified atom stereocenters. The molecule has 1 aliphatic rings. The van der Waals surface area contributed by atoms with Crippen molar-refractivity contribution in [1.82, 2.24) is 14.8 Å². The zero-order valence-corrected chi connectivity index (χ0v) is 12.1. The lowest BCUT2D eigenvalue weighted by Crippen LogP contribution is -2.47. The van der Waals surface area contributed by atoms with Gasteiger partial charge in [-0.1, -0.05) is 6.07 Å². The molecule has 1 aromatic heterocycles. The van der Waals surface area contributed by atoms with Crippen LogP contribution in [0.1, 0.15) is 12.5 Å². The predicted octanol–water partition coefficient (Wildman–Crippen LogP) is 2.04. The Balaban J connectivity index is 1.78. The van der Waals surface area contributed by atoms with Crippen LogP contribution in [0.25, 0.3) is 10.9 Å². The van der Waals surface area contributed by atoms with E-state index >= 15 is 0 Å². The van der Waals surface area contributed by atoms with Gasteiger partial charge in [0.05, 0.1) is 5.52 Å². The Hall–Kier alpha value is -2.01. The smallest absolute Gasteiger partial charge is 0.219 e. The molecule has 0 atom stereocenters. The Morgan fingerprint density at radius 1 is 1.29 bits per heavy atom. The van der Waals surface area contributed by atoms with Crippen molar-refractivity contribution in [1.29, 1.82) is 0 Å². The highest BCUT2D eigenvalue weighted by Gasteiger charge is 2.19. The van der Waals surface area contributed by atoms with Crippen LogP contribution in [-0.2, 0) is 11.3 Å². The lowest BCUT2D eigenvalue weighted by Gasteiger charge is -2.34. The highest BCUT2D eigenvalue weighted by atomic mass is 19.1. The molecule has 5 heteroatoms. The first-order valence-electron chi connectivity index (χ1n) is 7.14. The molecule has 1 amide bonds. The van der Waals surface area contributed by atoms with Crippen molar-refractivity contribution in [2.24, 2.45) is 0 Å². The average molecular weight is 287 g/mol. The molecule has 1 saturated heterocycles. The van der Waals surface area contributed by atoms with Gasteiger partial charge >= 0.3 is 0 Å². The molecular formula is C16H18FN3O. The normalized spacial score (nSPS) is 16.4. The van der Waals surface area contributed by atoms with Crippen LogP contribution in [0.15, 0.2) is 30.5 Å². The van der Waals surface area contributed by atoms with Gasteiger partial charge in [0.15, 0.2) is 0 Å². The standard InChI is InChI=1S/C16H18FN3O/c1-12(21)20-7-5-19(6-8-20)11-14-10-15(17)9-13-3-2-4-18-16(13)14/h2-4,9-10H,5-8,11H2,1H3. The summed E-state index contributed by atoms with van der Waals surface area (Å²) in [5, 5.41) is 0.829. The predicted molar refractivity (Wildman–Crippen MR) is 79.2 cm³/mol. The van der Waals surface area contributed by atoms with Gasteiger partial charge in [-0.3, -0.25) is 14.7 Å². The van der Waals surface area contributed by atoms with E-state index in [2.05, 4.69) is 9.88 Å². The van der Waals surface area contributed by atoms with E-state index in [1.54, 1.807) is 19.2 Å². The van der Waals surface area contributed by atoms with Gasteiger partial charge < -0.3 is 4.90 Å². The summed E-state index contributed by atoms with van der Waals surface area (Å²) in [7, 11) is 0. The second-order valence-electron chi connectivity index (χ2n) is 5.42. The second-order valence-corrected chi connectivity index (χ2v) is 5.42. The van der Waals surface area contributed by atoms with Crippen LogP contribution in [-0.4, -0.2) is 46.9 Å². The number of aromatic nitrogens is 1. The maximum Gasteiger partial charge on any atom is 0.219 e. The fourth-order valence-electron chi connectivity index (χ4n) is 2.81. The fraction of sp³-hybridized carbons (Fsp3) is 0.375. The fourth-order valence-corrected chi connectivity index (χ4v) is 2.81. The van der Waals surface area contributed by atoms with Crippen LogP contribution in [0.5, 0.6) is 0 Å². The summed E-state index contributed by atoms with van der Waals surface area (Å²) in [6.45, 7) is 5.34. The van der Waals surface area contributed by atoms with E-state index in [1.165, 1.54) is 6.07 Å². The van der Waals surface area contributed by atoms with Crippen molar-refractivity contribution in [3.8, 4) is 0 Å². The summed E-state index contributed by atoms with van der Waals surface area (Å²) in [5.74, 6) is -0.111. The van der Waals surface area contributed by atoms with E-state index in [9.17, 15) is 9.18 Å².